The lowest BCUT2D eigenvalue weighted by Gasteiger charge is -2.29. The Bertz CT molecular complexity index is 613. The number of fused-ring (bicyclic) bond motifs is 1. The third kappa shape index (κ3) is 2.56. The molecule has 0 bridgehead atoms. The van der Waals surface area contributed by atoms with Crippen LogP contribution in [0, 0.1) is 0 Å². The van der Waals surface area contributed by atoms with Crippen molar-refractivity contribution in [2.75, 3.05) is 13.1 Å². The Labute approximate surface area is 126 Å². The van der Waals surface area contributed by atoms with Crippen LogP contribution in [0.2, 0.25) is 0 Å². The third-order valence-corrected chi connectivity index (χ3v) is 5.10. The molecule has 2 fully saturated rings. The van der Waals surface area contributed by atoms with Gasteiger partial charge in [0.2, 0.25) is 0 Å². The lowest BCUT2D eigenvalue weighted by Crippen LogP contribution is -2.43. The van der Waals surface area contributed by atoms with Crippen LogP contribution in [0.5, 0.6) is 0 Å². The molecule has 3 nitrogen and oxygen atoms in total. The molecule has 0 aliphatic carbocycles. The van der Waals surface area contributed by atoms with Crippen molar-refractivity contribution in [1.29, 1.82) is 0 Å². The van der Waals surface area contributed by atoms with Gasteiger partial charge in [0.05, 0.1) is 0 Å². The van der Waals surface area contributed by atoms with Crippen LogP contribution in [0.1, 0.15) is 31.2 Å². The molecule has 3 heteroatoms. The van der Waals surface area contributed by atoms with Gasteiger partial charge in [0, 0.05) is 36.4 Å². The molecule has 2 atom stereocenters. The molecular formula is C18H23N3. The Balaban J connectivity index is 1.59. The first-order valence-electron chi connectivity index (χ1n) is 8.21. The van der Waals surface area contributed by atoms with Gasteiger partial charge in [-0.05, 0) is 49.7 Å². The number of aromatic nitrogens is 1. The predicted molar refractivity (Wildman–Crippen MR) is 86.2 cm³/mol. The van der Waals surface area contributed by atoms with Gasteiger partial charge in [-0.2, -0.15) is 0 Å². The van der Waals surface area contributed by atoms with E-state index < -0.39 is 0 Å². The highest BCUT2D eigenvalue weighted by Crippen LogP contribution is 2.28. The zero-order valence-electron chi connectivity index (χ0n) is 12.5. The zero-order chi connectivity index (χ0) is 14.1. The second-order valence-corrected chi connectivity index (χ2v) is 6.40. The van der Waals surface area contributed by atoms with Crippen LogP contribution in [0.3, 0.4) is 0 Å². The smallest absolute Gasteiger partial charge is 0.0346 e. The second-order valence-electron chi connectivity index (χ2n) is 6.40. The minimum Gasteiger partial charge on any atom is -0.312 e. The Kier molecular flexibility index (Phi) is 3.62. The minimum atomic E-state index is 0.704. The molecule has 0 spiro atoms. The summed E-state index contributed by atoms with van der Waals surface area (Å²) < 4.78 is 0. The number of nitrogens with one attached hydrogen (secondary N) is 1. The molecular weight excluding hydrogens is 258 g/mol. The number of pyridine rings is 1. The van der Waals surface area contributed by atoms with Crippen LogP contribution in [0.25, 0.3) is 10.8 Å². The fourth-order valence-electron chi connectivity index (χ4n) is 4.07. The fraction of sp³-hybridized carbons (Fsp3) is 0.500. The lowest BCUT2D eigenvalue weighted by molar-refractivity contribution is 0.207. The summed E-state index contributed by atoms with van der Waals surface area (Å²) in [5.74, 6) is 0. The van der Waals surface area contributed by atoms with E-state index in [0.717, 1.165) is 6.54 Å². The fourth-order valence-corrected chi connectivity index (χ4v) is 4.07. The second kappa shape index (κ2) is 5.74. The molecule has 0 amide bonds. The monoisotopic (exact) mass is 281 g/mol. The van der Waals surface area contributed by atoms with Gasteiger partial charge >= 0.3 is 0 Å². The van der Waals surface area contributed by atoms with E-state index in [1.165, 1.54) is 55.1 Å². The molecule has 1 N–H and O–H groups in total. The van der Waals surface area contributed by atoms with E-state index >= 15 is 0 Å². The first-order chi connectivity index (χ1) is 10.4. The van der Waals surface area contributed by atoms with Crippen LogP contribution < -0.4 is 5.32 Å². The van der Waals surface area contributed by atoms with Gasteiger partial charge < -0.3 is 5.32 Å². The first-order valence-corrected chi connectivity index (χ1v) is 8.21. The van der Waals surface area contributed by atoms with Gasteiger partial charge in [-0.3, -0.25) is 9.88 Å². The van der Waals surface area contributed by atoms with Gasteiger partial charge in [0.1, 0.15) is 0 Å². The topological polar surface area (TPSA) is 28.2 Å². The number of likely N-dealkylation sites (tertiary alicyclic amines) is 1. The highest BCUT2D eigenvalue weighted by atomic mass is 15.2. The minimum absolute atomic E-state index is 0.704. The van der Waals surface area contributed by atoms with Crippen LogP contribution >= 0.6 is 0 Å². The summed E-state index contributed by atoms with van der Waals surface area (Å²) in [5.41, 5.74) is 1.37. The maximum absolute atomic E-state index is 4.44. The average Bonchev–Trinajstić information content (AvgIpc) is 3.18. The Morgan fingerprint density at radius 3 is 3.00 bits per heavy atom. The lowest BCUT2D eigenvalue weighted by atomic mass is 10.0. The van der Waals surface area contributed by atoms with Crippen molar-refractivity contribution in [3.05, 3.63) is 42.2 Å². The average molecular weight is 281 g/mol. The molecule has 0 radical (unpaired) electrons. The standard InChI is InChI=1S/C18H23N3/c1-2-6-16-14(5-1)11-19-12-15(16)13-21-10-4-8-18(21)17-7-3-9-20-17/h1-2,5-6,11-12,17-18,20H,3-4,7-10,13H2. The molecule has 4 rings (SSSR count). The Morgan fingerprint density at radius 2 is 2.10 bits per heavy atom. The van der Waals surface area contributed by atoms with Crippen molar-refractivity contribution in [2.45, 2.75) is 44.3 Å². The van der Waals surface area contributed by atoms with Crippen LogP contribution in [-0.2, 0) is 6.54 Å². The molecule has 3 heterocycles. The molecule has 110 valence electrons. The number of rotatable bonds is 3. The van der Waals surface area contributed by atoms with Crippen LogP contribution in [0.4, 0.5) is 0 Å². The predicted octanol–water partition coefficient (Wildman–Crippen LogP) is 2.95. The maximum Gasteiger partial charge on any atom is 0.0346 e. The largest absolute Gasteiger partial charge is 0.312 e. The van der Waals surface area contributed by atoms with E-state index in [1.807, 2.05) is 6.20 Å². The summed E-state index contributed by atoms with van der Waals surface area (Å²) in [7, 11) is 0. The number of hydrogen-bond acceptors (Lipinski definition) is 3. The zero-order valence-corrected chi connectivity index (χ0v) is 12.5. The van der Waals surface area contributed by atoms with Crippen molar-refractivity contribution >= 4 is 10.8 Å². The molecule has 21 heavy (non-hydrogen) atoms. The van der Waals surface area contributed by atoms with E-state index in [9.17, 15) is 0 Å². The van der Waals surface area contributed by atoms with E-state index in [2.05, 4.69) is 45.7 Å². The van der Waals surface area contributed by atoms with Crippen LogP contribution in [-0.4, -0.2) is 35.1 Å². The molecule has 2 aliphatic rings. The van der Waals surface area contributed by atoms with Gasteiger partial charge in [0.15, 0.2) is 0 Å². The summed E-state index contributed by atoms with van der Waals surface area (Å²) in [6.07, 6.45) is 9.38. The normalized spacial score (nSPS) is 26.7. The molecule has 0 saturated carbocycles. The SMILES string of the molecule is c1ccc2c(CN3CCCC3C3CCCN3)cncc2c1. The molecule has 2 unspecified atom stereocenters. The Morgan fingerprint density at radius 1 is 1.14 bits per heavy atom. The molecule has 2 aliphatic heterocycles. The Hall–Kier alpha value is -1.45. The molecule has 2 aromatic rings. The van der Waals surface area contributed by atoms with Crippen molar-refractivity contribution in [3.8, 4) is 0 Å². The van der Waals surface area contributed by atoms with E-state index in [1.54, 1.807) is 0 Å². The van der Waals surface area contributed by atoms with E-state index in [4.69, 9.17) is 0 Å². The number of hydrogen-bond donors (Lipinski definition) is 1. The molecule has 1 aromatic carbocycles. The quantitative estimate of drug-likeness (QED) is 0.937. The molecule has 1 aromatic heterocycles. The maximum atomic E-state index is 4.44. The third-order valence-electron chi connectivity index (χ3n) is 5.10. The van der Waals surface area contributed by atoms with Gasteiger partial charge in [0.25, 0.3) is 0 Å². The van der Waals surface area contributed by atoms with Crippen molar-refractivity contribution in [2.24, 2.45) is 0 Å². The van der Waals surface area contributed by atoms with E-state index in [-0.39, 0.29) is 0 Å². The summed E-state index contributed by atoms with van der Waals surface area (Å²) in [4.78, 5) is 7.11. The number of nitrogens with zero attached hydrogens (tertiary/aromatic N) is 2. The van der Waals surface area contributed by atoms with E-state index in [0.29, 0.717) is 12.1 Å². The van der Waals surface area contributed by atoms with Crippen molar-refractivity contribution < 1.29 is 0 Å². The molecule has 2 saturated heterocycles. The van der Waals surface area contributed by atoms with Gasteiger partial charge in [-0.15, -0.1) is 0 Å². The summed E-state index contributed by atoms with van der Waals surface area (Å²) in [6, 6.07) is 10.0. The first kappa shape index (κ1) is 13.2. The van der Waals surface area contributed by atoms with Gasteiger partial charge in [-0.25, -0.2) is 0 Å². The highest BCUT2D eigenvalue weighted by molar-refractivity contribution is 5.84. The summed E-state index contributed by atoms with van der Waals surface area (Å²) >= 11 is 0. The summed E-state index contributed by atoms with van der Waals surface area (Å²) in [6.45, 7) is 3.47. The number of benzene rings is 1. The van der Waals surface area contributed by atoms with Crippen molar-refractivity contribution in [3.63, 3.8) is 0 Å². The van der Waals surface area contributed by atoms with Gasteiger partial charge in [-0.1, -0.05) is 24.3 Å². The highest BCUT2D eigenvalue weighted by Gasteiger charge is 2.33. The van der Waals surface area contributed by atoms with Crippen LogP contribution in [0.15, 0.2) is 36.7 Å². The van der Waals surface area contributed by atoms with Crippen molar-refractivity contribution in [1.82, 2.24) is 15.2 Å². The summed E-state index contributed by atoms with van der Waals surface area (Å²) in [5, 5.41) is 6.31.